The predicted molar refractivity (Wildman–Crippen MR) is 59.8 cm³/mol. The van der Waals surface area contributed by atoms with Gasteiger partial charge in [-0.3, -0.25) is 4.79 Å². The van der Waals surface area contributed by atoms with Crippen molar-refractivity contribution in [3.05, 3.63) is 53.1 Å². The van der Waals surface area contributed by atoms with Crippen molar-refractivity contribution in [1.29, 1.82) is 0 Å². The van der Waals surface area contributed by atoms with E-state index in [0.717, 1.165) is 15.7 Å². The average molecular weight is 212 g/mol. The van der Waals surface area contributed by atoms with Crippen LogP contribution in [0.1, 0.15) is 0 Å². The Morgan fingerprint density at radius 2 is 1.94 bits per heavy atom. The van der Waals surface area contributed by atoms with Gasteiger partial charge >= 0.3 is 0 Å². The van der Waals surface area contributed by atoms with E-state index in [4.69, 9.17) is 0 Å². The van der Waals surface area contributed by atoms with Gasteiger partial charge in [0, 0.05) is 11.6 Å². The van der Waals surface area contributed by atoms with Crippen LogP contribution in [0.25, 0.3) is 22.0 Å². The minimum absolute atomic E-state index is 0.322. The monoisotopic (exact) mass is 212 g/mol. The molecule has 0 saturated carbocycles. The standard InChI is InChI=1S/C12H8N2O2/c15-12-10-7-14(16)6-5-8(10)9-3-1-2-4-11(9)13-12/h1-7,16H. The Labute approximate surface area is 90.7 Å². The molecule has 16 heavy (non-hydrogen) atoms. The van der Waals surface area contributed by atoms with E-state index in [-0.39, 0.29) is 5.56 Å². The highest BCUT2D eigenvalue weighted by molar-refractivity contribution is 5.94. The van der Waals surface area contributed by atoms with Crippen LogP contribution in [-0.2, 0) is 0 Å². The maximum Gasteiger partial charge on any atom is 0.279 e. The molecule has 78 valence electrons. The maximum absolute atomic E-state index is 11.7. The summed E-state index contributed by atoms with van der Waals surface area (Å²) in [5.74, 6) is 0. The van der Waals surface area contributed by atoms with Crippen molar-refractivity contribution in [3.8, 4) is 11.1 Å². The van der Waals surface area contributed by atoms with Crippen LogP contribution in [0, 0.1) is 0 Å². The fourth-order valence-corrected chi connectivity index (χ4v) is 1.86. The maximum atomic E-state index is 11.7. The van der Waals surface area contributed by atoms with Gasteiger partial charge in [0.25, 0.3) is 5.56 Å². The molecule has 0 bridgehead atoms. The lowest BCUT2D eigenvalue weighted by atomic mass is 10.0. The van der Waals surface area contributed by atoms with E-state index in [9.17, 15) is 10.0 Å². The number of para-hydroxylation sites is 1. The molecule has 0 aliphatic carbocycles. The Kier molecular flexibility index (Phi) is 1.71. The second-order valence-corrected chi connectivity index (χ2v) is 3.59. The van der Waals surface area contributed by atoms with Gasteiger partial charge in [0.1, 0.15) is 0 Å². The summed E-state index contributed by atoms with van der Waals surface area (Å²) in [6.07, 6.45) is 2.87. The summed E-state index contributed by atoms with van der Waals surface area (Å²) in [4.78, 5) is 15.7. The van der Waals surface area contributed by atoms with Gasteiger partial charge in [-0.15, -0.1) is 0 Å². The zero-order chi connectivity index (χ0) is 11.1. The van der Waals surface area contributed by atoms with Crippen LogP contribution in [0.2, 0.25) is 0 Å². The fourth-order valence-electron chi connectivity index (χ4n) is 1.86. The summed E-state index contributed by atoms with van der Waals surface area (Å²) in [5, 5.41) is 10.2. The molecule has 1 aromatic carbocycles. The van der Waals surface area contributed by atoms with Crippen molar-refractivity contribution >= 4 is 10.9 Å². The van der Waals surface area contributed by atoms with Gasteiger partial charge in [-0.1, -0.05) is 18.2 Å². The molecular formula is C12H8N2O2. The Bertz CT molecular complexity index is 703. The molecule has 0 unspecified atom stereocenters. The van der Waals surface area contributed by atoms with Crippen LogP contribution >= 0.6 is 0 Å². The molecule has 0 aromatic heterocycles. The van der Waals surface area contributed by atoms with Crippen molar-refractivity contribution in [2.45, 2.75) is 0 Å². The van der Waals surface area contributed by atoms with Crippen LogP contribution in [-0.4, -0.2) is 14.9 Å². The molecule has 1 aromatic rings. The van der Waals surface area contributed by atoms with Crippen molar-refractivity contribution < 1.29 is 5.21 Å². The average Bonchev–Trinajstić information content (AvgIpc) is 2.29. The molecule has 1 N–H and O–H groups in total. The quantitative estimate of drug-likeness (QED) is 0.456. The third-order valence-electron chi connectivity index (χ3n) is 2.59. The van der Waals surface area contributed by atoms with Crippen molar-refractivity contribution in [1.82, 2.24) is 9.71 Å². The first-order valence-electron chi connectivity index (χ1n) is 4.86. The minimum atomic E-state index is -0.322. The Balaban J connectivity index is 2.59. The molecule has 0 fully saturated rings. The first-order chi connectivity index (χ1) is 7.75. The number of aromatic nitrogens is 2. The van der Waals surface area contributed by atoms with E-state index in [2.05, 4.69) is 4.98 Å². The van der Waals surface area contributed by atoms with E-state index in [1.54, 1.807) is 12.1 Å². The third kappa shape index (κ3) is 1.16. The molecule has 2 heterocycles. The van der Waals surface area contributed by atoms with E-state index >= 15 is 0 Å². The molecule has 0 amide bonds. The van der Waals surface area contributed by atoms with Crippen LogP contribution < -0.4 is 5.56 Å². The van der Waals surface area contributed by atoms with E-state index < -0.39 is 0 Å². The first kappa shape index (κ1) is 8.91. The summed E-state index contributed by atoms with van der Waals surface area (Å²) in [7, 11) is 0. The lowest BCUT2D eigenvalue weighted by Crippen LogP contribution is -2.12. The van der Waals surface area contributed by atoms with Crippen LogP contribution in [0.5, 0.6) is 0 Å². The highest BCUT2D eigenvalue weighted by Crippen LogP contribution is 2.25. The molecular weight excluding hydrogens is 204 g/mol. The normalized spacial score (nSPS) is 11.0. The summed E-state index contributed by atoms with van der Waals surface area (Å²) in [5.41, 5.74) is 1.58. The van der Waals surface area contributed by atoms with Gasteiger partial charge in [0.15, 0.2) is 0 Å². The molecule has 4 nitrogen and oxygen atoms in total. The van der Waals surface area contributed by atoms with Gasteiger partial charge in [0.2, 0.25) is 0 Å². The second kappa shape index (κ2) is 3.06. The first-order valence-corrected chi connectivity index (χ1v) is 4.86. The highest BCUT2D eigenvalue weighted by Gasteiger charge is 2.11. The van der Waals surface area contributed by atoms with Gasteiger partial charge in [-0.05, 0) is 17.7 Å². The summed E-state index contributed by atoms with van der Waals surface area (Å²) >= 11 is 0. The molecule has 0 atom stereocenters. The van der Waals surface area contributed by atoms with Crippen molar-refractivity contribution in [3.63, 3.8) is 0 Å². The third-order valence-corrected chi connectivity index (χ3v) is 2.59. The van der Waals surface area contributed by atoms with Crippen LogP contribution in [0.3, 0.4) is 0 Å². The zero-order valence-corrected chi connectivity index (χ0v) is 8.29. The number of hydrogen-bond acceptors (Lipinski definition) is 3. The molecule has 2 aliphatic rings. The topological polar surface area (TPSA) is 55.1 Å². The molecule has 0 radical (unpaired) electrons. The molecule has 0 spiro atoms. The van der Waals surface area contributed by atoms with E-state index in [0.29, 0.717) is 11.1 Å². The van der Waals surface area contributed by atoms with Gasteiger partial charge in [-0.2, -0.15) is 0 Å². The second-order valence-electron chi connectivity index (χ2n) is 3.59. The summed E-state index contributed by atoms with van der Waals surface area (Å²) in [6.45, 7) is 0. The summed E-state index contributed by atoms with van der Waals surface area (Å²) < 4.78 is 0.861. The van der Waals surface area contributed by atoms with Gasteiger partial charge in [-0.25, -0.2) is 9.71 Å². The Morgan fingerprint density at radius 3 is 2.81 bits per heavy atom. The number of hydrogen-bond donors (Lipinski definition) is 1. The Hall–Kier alpha value is -2.36. The summed E-state index contributed by atoms with van der Waals surface area (Å²) in [6, 6.07) is 9.16. The number of nitrogens with zero attached hydrogens (tertiary/aromatic N) is 2. The smallest absolute Gasteiger partial charge is 0.279 e. The minimum Gasteiger partial charge on any atom is -0.429 e. The van der Waals surface area contributed by atoms with E-state index in [1.807, 2.05) is 18.2 Å². The predicted octanol–water partition coefficient (Wildman–Crippen LogP) is 1.74. The molecule has 3 rings (SSSR count). The lowest BCUT2D eigenvalue weighted by molar-refractivity contribution is 0.184. The Morgan fingerprint density at radius 1 is 1.12 bits per heavy atom. The van der Waals surface area contributed by atoms with Crippen molar-refractivity contribution in [2.24, 2.45) is 0 Å². The van der Waals surface area contributed by atoms with E-state index in [1.165, 1.54) is 12.4 Å². The van der Waals surface area contributed by atoms with Crippen LogP contribution in [0.4, 0.5) is 0 Å². The SMILES string of the molecule is O=c1nc2ccccc2c2ccn(O)cc1-2. The number of benzene rings is 1. The zero-order valence-electron chi connectivity index (χ0n) is 8.29. The number of rotatable bonds is 0. The number of pyridine rings is 2. The van der Waals surface area contributed by atoms with Gasteiger partial charge in [0.05, 0.1) is 17.3 Å². The largest absolute Gasteiger partial charge is 0.429 e. The lowest BCUT2D eigenvalue weighted by Gasteiger charge is -2.08. The molecule has 2 aliphatic heterocycles. The van der Waals surface area contributed by atoms with Crippen molar-refractivity contribution in [2.75, 3.05) is 0 Å². The van der Waals surface area contributed by atoms with Crippen LogP contribution in [0.15, 0.2) is 47.5 Å². The molecule has 4 heteroatoms. The number of fused-ring (bicyclic) bond motifs is 3. The molecule has 0 saturated heterocycles. The van der Waals surface area contributed by atoms with Gasteiger partial charge < -0.3 is 5.21 Å². The highest BCUT2D eigenvalue weighted by atomic mass is 16.5. The fraction of sp³-hybridized carbons (Fsp3) is 0.